The van der Waals surface area contributed by atoms with E-state index in [1.807, 2.05) is 36.4 Å². The molecule has 0 unspecified atom stereocenters. The summed E-state index contributed by atoms with van der Waals surface area (Å²) in [5, 5.41) is 10.3. The molecule has 7 rings (SSSR count). The number of pyridine rings is 1. The molecule has 0 radical (unpaired) electrons. The minimum Gasteiger partial charge on any atom is -0.475 e. The quantitative estimate of drug-likeness (QED) is 0.228. The molecule has 2 saturated carbocycles. The van der Waals surface area contributed by atoms with Crippen LogP contribution in [0, 0.1) is 5.82 Å². The minimum absolute atomic E-state index is 0.0458. The number of alkyl halides is 3. The average molecular weight is 755 g/mol. The van der Waals surface area contributed by atoms with E-state index in [2.05, 4.69) is 27.3 Å². The number of halogens is 4. The van der Waals surface area contributed by atoms with Gasteiger partial charge < -0.3 is 20.9 Å². The number of amides is 1. The van der Waals surface area contributed by atoms with Gasteiger partial charge >= 0.3 is 17.8 Å². The summed E-state index contributed by atoms with van der Waals surface area (Å²) >= 11 is 0. The molecule has 0 spiro atoms. The van der Waals surface area contributed by atoms with Crippen molar-refractivity contribution in [2.45, 2.75) is 81.7 Å². The van der Waals surface area contributed by atoms with E-state index in [1.165, 1.54) is 9.13 Å². The molecule has 4 aromatic rings. The molecule has 4 N–H and O–H groups in total. The third-order valence-corrected chi connectivity index (χ3v) is 10.4. The first-order valence-corrected chi connectivity index (χ1v) is 18.0. The van der Waals surface area contributed by atoms with Crippen LogP contribution in [0.2, 0.25) is 0 Å². The number of carboxylic acid groups (broad SMARTS) is 1. The zero-order chi connectivity index (χ0) is 38.6. The SMILES string of the molecule is NC1(C(=O)NC2CCC(n3c(=O)c4cc(F)cnc4n(-c4cccc(-c5ccccc5CN5CCOCC5)c4)c3=O)CC2)CCCC1.O=C(O)C(F)(F)F. The van der Waals surface area contributed by atoms with Crippen LogP contribution in [0.25, 0.3) is 27.8 Å². The average Bonchev–Trinajstić information content (AvgIpc) is 3.61. The minimum atomic E-state index is -5.08. The smallest absolute Gasteiger partial charge is 0.475 e. The molecule has 0 atom stereocenters. The number of hydrogen-bond acceptors (Lipinski definition) is 8. The van der Waals surface area contributed by atoms with Gasteiger partial charge in [-0.3, -0.25) is 19.1 Å². The largest absolute Gasteiger partial charge is 0.490 e. The van der Waals surface area contributed by atoms with Crippen LogP contribution >= 0.6 is 0 Å². The number of nitrogens with two attached hydrogens (primary N) is 1. The Morgan fingerprint density at radius 3 is 2.31 bits per heavy atom. The van der Waals surface area contributed by atoms with E-state index >= 15 is 0 Å². The van der Waals surface area contributed by atoms with Crippen molar-refractivity contribution >= 4 is 22.9 Å². The Bertz CT molecular complexity index is 2120. The van der Waals surface area contributed by atoms with Crippen LogP contribution in [-0.4, -0.2) is 80.1 Å². The van der Waals surface area contributed by atoms with Crippen molar-refractivity contribution in [3.8, 4) is 16.8 Å². The number of morpholine rings is 1. The highest BCUT2D eigenvalue weighted by molar-refractivity contribution is 5.86. The Labute approximate surface area is 307 Å². The maximum Gasteiger partial charge on any atom is 0.490 e. The third kappa shape index (κ3) is 8.55. The highest BCUT2D eigenvalue weighted by Crippen LogP contribution is 2.31. The van der Waals surface area contributed by atoms with Gasteiger partial charge in [-0.1, -0.05) is 49.2 Å². The number of ether oxygens (including phenoxy) is 1. The Balaban J connectivity index is 0.000000649. The molecule has 1 aliphatic heterocycles. The molecule has 12 nitrogen and oxygen atoms in total. The van der Waals surface area contributed by atoms with Gasteiger partial charge in [0, 0.05) is 31.7 Å². The summed E-state index contributed by atoms with van der Waals surface area (Å²) < 4.78 is 54.5. The summed E-state index contributed by atoms with van der Waals surface area (Å²) in [5.74, 6) is -3.52. The summed E-state index contributed by atoms with van der Waals surface area (Å²) in [6.45, 7) is 3.92. The van der Waals surface area contributed by atoms with Gasteiger partial charge in [0.05, 0.1) is 36.0 Å². The molecule has 3 aliphatic rings. The van der Waals surface area contributed by atoms with Crippen LogP contribution in [0.4, 0.5) is 17.6 Å². The maximum atomic E-state index is 14.5. The van der Waals surface area contributed by atoms with Crippen molar-refractivity contribution in [1.82, 2.24) is 24.3 Å². The lowest BCUT2D eigenvalue weighted by Crippen LogP contribution is -2.55. The van der Waals surface area contributed by atoms with Gasteiger partial charge in [-0.15, -0.1) is 0 Å². The van der Waals surface area contributed by atoms with E-state index in [-0.39, 0.29) is 23.0 Å². The van der Waals surface area contributed by atoms with E-state index < -0.39 is 40.8 Å². The lowest BCUT2D eigenvalue weighted by atomic mass is 9.89. The third-order valence-electron chi connectivity index (χ3n) is 10.4. The van der Waals surface area contributed by atoms with Crippen molar-refractivity contribution in [3.05, 3.63) is 93.0 Å². The van der Waals surface area contributed by atoms with Gasteiger partial charge in [0.25, 0.3) is 5.56 Å². The Morgan fingerprint density at radius 2 is 1.65 bits per heavy atom. The normalized spacial score (nSPS) is 20.2. The van der Waals surface area contributed by atoms with Crippen molar-refractivity contribution in [3.63, 3.8) is 0 Å². The van der Waals surface area contributed by atoms with E-state index in [9.17, 15) is 31.9 Å². The molecule has 1 amide bonds. The van der Waals surface area contributed by atoms with Crippen molar-refractivity contribution < 1.29 is 37.0 Å². The molecular weight excluding hydrogens is 712 g/mol. The molecule has 3 fully saturated rings. The lowest BCUT2D eigenvalue weighted by Gasteiger charge is -2.32. The maximum absolute atomic E-state index is 14.5. The molecular formula is C38H42F4N6O6. The van der Waals surface area contributed by atoms with Gasteiger partial charge in [0.1, 0.15) is 5.82 Å². The molecule has 1 saturated heterocycles. The summed E-state index contributed by atoms with van der Waals surface area (Å²) in [6.07, 6.45) is 1.46. The topological polar surface area (TPSA) is 162 Å². The van der Waals surface area contributed by atoms with E-state index in [0.29, 0.717) is 57.4 Å². The fourth-order valence-corrected chi connectivity index (χ4v) is 7.53. The monoisotopic (exact) mass is 754 g/mol. The van der Waals surface area contributed by atoms with Crippen LogP contribution in [0.1, 0.15) is 63.0 Å². The first kappa shape index (κ1) is 38.8. The van der Waals surface area contributed by atoms with Crippen LogP contribution in [0.5, 0.6) is 0 Å². The number of fused-ring (bicyclic) bond motifs is 1. The standard InChI is InChI=1S/C36H41FN6O4.C2HF3O2/c37-26-21-31-32(39-22-26)42(29-8-5-7-24(20-29)30-9-2-1-6-25(30)23-41-16-18-47-19-17-41)35(46)43(33(31)44)28-12-10-27(11-13-28)40-34(45)36(38)14-3-4-15-36;3-2(4,5)1(6)7/h1-2,5-9,20-22,27-28H,3-4,10-19,23,38H2,(H,40,45);(H,6,7). The van der Waals surface area contributed by atoms with Crippen LogP contribution in [-0.2, 0) is 20.9 Å². The number of aliphatic carboxylic acids is 1. The Morgan fingerprint density at radius 1 is 0.981 bits per heavy atom. The predicted octanol–water partition coefficient (Wildman–Crippen LogP) is 4.69. The second-order valence-corrected chi connectivity index (χ2v) is 14.1. The number of hydrogen-bond donors (Lipinski definition) is 3. The van der Waals surface area contributed by atoms with E-state index in [0.717, 1.165) is 61.4 Å². The molecule has 2 aromatic heterocycles. The summed E-state index contributed by atoms with van der Waals surface area (Å²) in [6, 6.07) is 16.5. The van der Waals surface area contributed by atoms with Gasteiger partial charge in [0.15, 0.2) is 5.65 Å². The molecule has 288 valence electrons. The molecule has 2 aliphatic carbocycles. The van der Waals surface area contributed by atoms with Crippen LogP contribution in [0.3, 0.4) is 0 Å². The fraction of sp³-hybridized carbons (Fsp3) is 0.447. The molecule has 54 heavy (non-hydrogen) atoms. The first-order valence-electron chi connectivity index (χ1n) is 18.0. The zero-order valence-electron chi connectivity index (χ0n) is 29.5. The van der Waals surface area contributed by atoms with E-state index in [1.54, 1.807) is 0 Å². The number of carboxylic acids is 1. The molecule has 0 bridgehead atoms. The van der Waals surface area contributed by atoms with Gasteiger partial charge in [-0.25, -0.2) is 23.5 Å². The number of carbonyl (C=O) groups excluding carboxylic acids is 1. The van der Waals surface area contributed by atoms with Crippen LogP contribution in [0.15, 0.2) is 70.4 Å². The van der Waals surface area contributed by atoms with E-state index in [4.69, 9.17) is 20.4 Å². The Hall–Kier alpha value is -4.93. The number of nitrogens with one attached hydrogen (secondary N) is 1. The van der Waals surface area contributed by atoms with Crippen molar-refractivity contribution in [2.75, 3.05) is 26.3 Å². The number of rotatable bonds is 7. The highest BCUT2D eigenvalue weighted by atomic mass is 19.4. The number of carbonyl (C=O) groups is 2. The number of aromatic nitrogens is 3. The fourth-order valence-electron chi connectivity index (χ4n) is 7.53. The Kier molecular flexibility index (Phi) is 11.6. The predicted molar refractivity (Wildman–Crippen MR) is 192 cm³/mol. The van der Waals surface area contributed by atoms with Crippen molar-refractivity contribution in [2.24, 2.45) is 5.73 Å². The van der Waals surface area contributed by atoms with Gasteiger partial charge in [0.2, 0.25) is 5.91 Å². The summed E-state index contributed by atoms with van der Waals surface area (Å²) in [7, 11) is 0. The summed E-state index contributed by atoms with van der Waals surface area (Å²) in [5.41, 5.74) is 8.26. The lowest BCUT2D eigenvalue weighted by molar-refractivity contribution is -0.192. The van der Waals surface area contributed by atoms with Gasteiger partial charge in [-0.05, 0) is 73.4 Å². The second-order valence-electron chi connectivity index (χ2n) is 14.1. The zero-order valence-corrected chi connectivity index (χ0v) is 29.5. The van der Waals surface area contributed by atoms with Gasteiger partial charge in [-0.2, -0.15) is 13.2 Å². The van der Waals surface area contributed by atoms with Crippen LogP contribution < -0.4 is 22.3 Å². The second kappa shape index (κ2) is 16.2. The van der Waals surface area contributed by atoms with Crippen molar-refractivity contribution in [1.29, 1.82) is 0 Å². The first-order chi connectivity index (χ1) is 25.7. The number of benzene rings is 2. The highest BCUT2D eigenvalue weighted by Gasteiger charge is 2.39. The molecule has 2 aromatic carbocycles. The molecule has 3 heterocycles. The summed E-state index contributed by atoms with van der Waals surface area (Å²) in [4.78, 5) is 56.6. The molecule has 16 heteroatoms. The number of nitrogens with zero attached hydrogens (tertiary/aromatic N) is 4.